The molecule has 6 nitrogen and oxygen atoms in total. The van der Waals surface area contributed by atoms with Gasteiger partial charge in [-0.15, -0.1) is 0 Å². The van der Waals surface area contributed by atoms with Gasteiger partial charge < -0.3 is 18.9 Å². The van der Waals surface area contributed by atoms with E-state index in [-0.39, 0.29) is 30.9 Å². The van der Waals surface area contributed by atoms with Gasteiger partial charge in [-0.1, -0.05) is 120 Å². The molecule has 1 aliphatic carbocycles. The van der Waals surface area contributed by atoms with Crippen LogP contribution in [-0.2, 0) is 26.3 Å². The number of hydrogen-bond donors (Lipinski definition) is 0. The first kappa shape index (κ1) is 35.3. The Bertz CT molecular complexity index is 1740. The Morgan fingerprint density at radius 1 is 0.800 bits per heavy atom. The third kappa shape index (κ3) is 8.62. The Labute approximate surface area is 299 Å². The summed E-state index contributed by atoms with van der Waals surface area (Å²) in [6, 6.07) is 34.0. The van der Waals surface area contributed by atoms with Crippen LogP contribution in [0.25, 0.3) is 0 Å². The predicted octanol–water partition coefficient (Wildman–Crippen LogP) is 10.0. The number of carbonyl (C=O) groups excluding carboxylic acids is 1. The molecule has 10 heteroatoms. The molecule has 0 amide bonds. The highest BCUT2D eigenvalue weighted by Crippen LogP contribution is 2.41. The summed E-state index contributed by atoms with van der Waals surface area (Å²) < 4.78 is 50.0. The highest BCUT2D eigenvalue weighted by molar-refractivity contribution is 6.35. The largest absolute Gasteiger partial charge is 0.489 e. The summed E-state index contributed by atoms with van der Waals surface area (Å²) in [5, 5.41) is 0.589. The molecule has 6 rings (SSSR count). The number of nitrogens with zero attached hydrogens (tertiary/aromatic N) is 1. The molecule has 0 aliphatic heterocycles. The lowest BCUT2D eigenvalue weighted by molar-refractivity contribution is -0.151. The fourth-order valence-electron chi connectivity index (χ4n) is 5.84. The summed E-state index contributed by atoms with van der Waals surface area (Å²) in [6.45, 7) is -2.67. The molecule has 0 spiro atoms. The van der Waals surface area contributed by atoms with Gasteiger partial charge in [0.1, 0.15) is 11.7 Å². The monoisotopic (exact) mass is 717 g/mol. The molecule has 1 heterocycles. The number of halogens is 4. The summed E-state index contributed by atoms with van der Waals surface area (Å²) in [4.78, 5) is 17.7. The van der Waals surface area contributed by atoms with Gasteiger partial charge in [0.05, 0.1) is 29.7 Å². The van der Waals surface area contributed by atoms with Crippen LogP contribution in [0.15, 0.2) is 122 Å². The maximum Gasteiger partial charge on any atom is 0.387 e. The lowest BCUT2D eigenvalue weighted by atomic mass is 9.80. The minimum absolute atomic E-state index is 0.0118. The second-order valence-electron chi connectivity index (χ2n) is 12.0. The van der Waals surface area contributed by atoms with Gasteiger partial charge in [0.15, 0.2) is 11.5 Å². The van der Waals surface area contributed by atoms with Gasteiger partial charge in [-0.25, -0.2) is 0 Å². The average Bonchev–Trinajstić information content (AvgIpc) is 3.97. The molecule has 0 N–H and O–H groups in total. The maximum absolute atomic E-state index is 13.7. The molecule has 4 aromatic carbocycles. The van der Waals surface area contributed by atoms with Gasteiger partial charge in [-0.2, -0.15) is 8.78 Å². The van der Waals surface area contributed by atoms with Crippen LogP contribution in [0.1, 0.15) is 53.2 Å². The number of ether oxygens (including phenoxy) is 4. The van der Waals surface area contributed by atoms with E-state index in [0.717, 1.165) is 29.5 Å². The average molecular weight is 719 g/mol. The van der Waals surface area contributed by atoms with Gasteiger partial charge in [0.2, 0.25) is 0 Å². The van der Waals surface area contributed by atoms with E-state index in [0.29, 0.717) is 33.7 Å². The van der Waals surface area contributed by atoms with Crippen LogP contribution in [0, 0.1) is 5.92 Å². The summed E-state index contributed by atoms with van der Waals surface area (Å²) in [5.74, 6) is -0.171. The van der Waals surface area contributed by atoms with Crippen molar-refractivity contribution in [2.45, 2.75) is 44.0 Å². The van der Waals surface area contributed by atoms with Crippen molar-refractivity contribution in [1.29, 1.82) is 0 Å². The van der Waals surface area contributed by atoms with Crippen molar-refractivity contribution in [2.75, 3.05) is 13.2 Å². The van der Waals surface area contributed by atoms with E-state index in [9.17, 15) is 13.6 Å². The maximum atomic E-state index is 13.7. The van der Waals surface area contributed by atoms with Crippen LogP contribution in [0.2, 0.25) is 10.0 Å². The zero-order valence-corrected chi connectivity index (χ0v) is 28.5. The van der Waals surface area contributed by atoms with Crippen LogP contribution in [0.5, 0.6) is 11.5 Å². The molecule has 1 saturated carbocycles. The zero-order valence-electron chi connectivity index (χ0n) is 27.0. The highest BCUT2D eigenvalue weighted by Gasteiger charge is 2.37. The molecule has 1 aliphatic rings. The van der Waals surface area contributed by atoms with Gasteiger partial charge in [0, 0.05) is 18.8 Å². The van der Waals surface area contributed by atoms with Crippen LogP contribution in [0.3, 0.4) is 0 Å². The lowest BCUT2D eigenvalue weighted by Crippen LogP contribution is -2.34. The first-order valence-corrected chi connectivity index (χ1v) is 17.1. The first-order valence-electron chi connectivity index (χ1n) is 16.3. The van der Waals surface area contributed by atoms with E-state index in [1.54, 1.807) is 12.1 Å². The SMILES string of the molecule is O=C(CCOC(c1ccccc1)(c1ccccc1)c1ccccc1)O[C@@H](Cc1c(Cl)cncc1Cl)c1ccc(OC(F)F)c(OCC2CC2)c1. The Balaban J connectivity index is 1.28. The number of esters is 1. The molecule has 258 valence electrons. The number of pyridine rings is 1. The summed E-state index contributed by atoms with van der Waals surface area (Å²) in [5.41, 5.74) is 2.68. The summed E-state index contributed by atoms with van der Waals surface area (Å²) >= 11 is 13.0. The van der Waals surface area contributed by atoms with Crippen molar-refractivity contribution in [1.82, 2.24) is 4.98 Å². The zero-order chi connectivity index (χ0) is 34.9. The third-order valence-electron chi connectivity index (χ3n) is 8.51. The first-order chi connectivity index (χ1) is 24.3. The fourth-order valence-corrected chi connectivity index (χ4v) is 6.36. The summed E-state index contributed by atoms with van der Waals surface area (Å²) in [7, 11) is 0. The molecule has 5 aromatic rings. The smallest absolute Gasteiger partial charge is 0.387 e. The molecule has 0 saturated heterocycles. The Morgan fingerprint density at radius 2 is 1.36 bits per heavy atom. The van der Waals surface area contributed by atoms with Crippen LogP contribution in [-0.4, -0.2) is 30.8 Å². The minimum Gasteiger partial charge on any atom is -0.489 e. The third-order valence-corrected chi connectivity index (χ3v) is 9.16. The van der Waals surface area contributed by atoms with E-state index in [1.165, 1.54) is 18.5 Å². The standard InChI is InChI=1S/C40H35Cl2F2NO5/c41-33-24-45-25-34(42)32(33)23-36(28-18-19-35(50-39(43)44)37(22-28)47-26-27-16-17-27)49-38(46)20-21-48-40(29-10-4-1-5-11-29,30-12-6-2-7-13-30)31-14-8-3-9-15-31/h1-15,18-19,22,24-25,27,36,39H,16-17,20-21,23,26H2/t36-/m0/s1. The molecule has 1 atom stereocenters. The lowest BCUT2D eigenvalue weighted by Gasteiger charge is -2.36. The Morgan fingerprint density at radius 3 is 1.88 bits per heavy atom. The molecule has 0 radical (unpaired) electrons. The molecule has 0 unspecified atom stereocenters. The molecule has 50 heavy (non-hydrogen) atoms. The topological polar surface area (TPSA) is 66.9 Å². The quantitative estimate of drug-likeness (QED) is 0.0748. The van der Waals surface area contributed by atoms with E-state index in [1.807, 2.05) is 91.0 Å². The van der Waals surface area contributed by atoms with Gasteiger partial charge in [-0.05, 0) is 58.7 Å². The number of rotatable bonds is 16. The predicted molar refractivity (Wildman–Crippen MR) is 188 cm³/mol. The second kappa shape index (κ2) is 16.5. The number of aromatic nitrogens is 1. The van der Waals surface area contributed by atoms with Crippen LogP contribution < -0.4 is 9.47 Å². The van der Waals surface area contributed by atoms with Gasteiger partial charge >= 0.3 is 12.6 Å². The Kier molecular flexibility index (Phi) is 11.6. The van der Waals surface area contributed by atoms with Gasteiger partial charge in [0.25, 0.3) is 0 Å². The van der Waals surface area contributed by atoms with Crippen molar-refractivity contribution in [3.63, 3.8) is 0 Å². The number of hydrogen-bond acceptors (Lipinski definition) is 6. The minimum atomic E-state index is -3.04. The van der Waals surface area contributed by atoms with Crippen molar-refractivity contribution >= 4 is 29.2 Å². The van der Waals surface area contributed by atoms with E-state index < -0.39 is 24.3 Å². The van der Waals surface area contributed by atoms with E-state index in [4.69, 9.17) is 42.1 Å². The van der Waals surface area contributed by atoms with Crippen molar-refractivity contribution in [2.24, 2.45) is 5.92 Å². The fraction of sp³-hybridized carbons (Fsp3) is 0.250. The van der Waals surface area contributed by atoms with E-state index >= 15 is 0 Å². The van der Waals surface area contributed by atoms with Crippen molar-refractivity contribution in [3.8, 4) is 11.5 Å². The normalized spacial score (nSPS) is 13.5. The molecular weight excluding hydrogens is 683 g/mol. The molecular formula is C40H35Cl2F2NO5. The highest BCUT2D eigenvalue weighted by atomic mass is 35.5. The van der Waals surface area contributed by atoms with Crippen LogP contribution in [0.4, 0.5) is 8.78 Å². The Hall–Kier alpha value is -4.50. The second-order valence-corrected chi connectivity index (χ2v) is 12.8. The molecule has 1 fully saturated rings. The number of benzene rings is 4. The van der Waals surface area contributed by atoms with Crippen LogP contribution >= 0.6 is 23.2 Å². The molecule has 0 bridgehead atoms. The van der Waals surface area contributed by atoms with Crippen molar-refractivity contribution in [3.05, 3.63) is 159 Å². The van der Waals surface area contributed by atoms with Crippen molar-refractivity contribution < 1.29 is 32.5 Å². The number of alkyl halides is 2. The van der Waals surface area contributed by atoms with Gasteiger partial charge in [-0.3, -0.25) is 9.78 Å². The summed E-state index contributed by atoms with van der Waals surface area (Å²) in [6.07, 6.45) is 4.00. The molecule has 1 aromatic heterocycles. The van der Waals surface area contributed by atoms with E-state index in [2.05, 4.69) is 4.98 Å². The number of carbonyl (C=O) groups is 1.